The highest BCUT2D eigenvalue weighted by atomic mass is 16.6. The number of Topliss-reactive ketones (excluding diaryl/α,β-unsaturated/α-hetero) is 2. The van der Waals surface area contributed by atoms with Gasteiger partial charge in [0.1, 0.15) is 17.5 Å². The van der Waals surface area contributed by atoms with Gasteiger partial charge in [0.05, 0.1) is 12.0 Å². The zero-order valence-corrected chi connectivity index (χ0v) is 30.5. The molecule has 0 radical (unpaired) electrons. The van der Waals surface area contributed by atoms with Crippen LogP contribution in [0.15, 0.2) is 0 Å². The number of hydrogen-bond donors (Lipinski definition) is 1. The summed E-state index contributed by atoms with van der Waals surface area (Å²) in [6.07, 6.45) is 12.6. The predicted molar refractivity (Wildman–Crippen MR) is 181 cm³/mol. The molecule has 4 saturated carbocycles. The summed E-state index contributed by atoms with van der Waals surface area (Å²) in [5.41, 5.74) is -0.231. The van der Waals surface area contributed by atoms with Crippen molar-refractivity contribution >= 4 is 23.6 Å². The van der Waals surface area contributed by atoms with Crippen molar-refractivity contribution in [1.29, 1.82) is 0 Å². The first-order valence-electron chi connectivity index (χ1n) is 18.7. The Morgan fingerprint density at radius 3 is 2.20 bits per heavy atom. The molecule has 1 N–H and O–H groups in total. The van der Waals surface area contributed by atoms with Crippen molar-refractivity contribution in [1.82, 2.24) is 5.32 Å². The minimum Gasteiger partial charge on any atom is -0.462 e. The molecule has 46 heavy (non-hydrogen) atoms. The number of unbranched alkanes of at least 4 members (excludes halogenated alkanes) is 2. The predicted octanol–water partition coefficient (Wildman–Crippen LogP) is 8.85. The van der Waals surface area contributed by atoms with E-state index in [9.17, 15) is 19.2 Å². The van der Waals surface area contributed by atoms with E-state index >= 15 is 0 Å². The minimum absolute atomic E-state index is 0.0552. The molecule has 0 aromatic carbocycles. The van der Waals surface area contributed by atoms with Gasteiger partial charge in [0.25, 0.3) is 0 Å². The molecular formula is C39H65NO6. The van der Waals surface area contributed by atoms with Crippen molar-refractivity contribution in [3.05, 3.63) is 0 Å². The van der Waals surface area contributed by atoms with Crippen LogP contribution in [0.1, 0.15) is 152 Å². The third-order valence-electron chi connectivity index (χ3n) is 13.1. The van der Waals surface area contributed by atoms with Crippen LogP contribution in [-0.2, 0) is 23.9 Å². The van der Waals surface area contributed by atoms with Crippen LogP contribution in [0.5, 0.6) is 0 Å². The van der Waals surface area contributed by atoms with E-state index in [2.05, 4.69) is 26.1 Å². The molecular weight excluding hydrogens is 578 g/mol. The van der Waals surface area contributed by atoms with Crippen molar-refractivity contribution in [2.45, 2.75) is 170 Å². The second kappa shape index (κ2) is 14.7. The number of carbonyl (C=O) groups excluding carboxylic acids is 4. The van der Waals surface area contributed by atoms with E-state index in [1.165, 1.54) is 25.7 Å². The van der Waals surface area contributed by atoms with Gasteiger partial charge in [0.15, 0.2) is 5.78 Å². The number of fused-ring (bicyclic) bond motifs is 5. The first kappa shape index (κ1) is 36.9. The lowest BCUT2D eigenvalue weighted by Gasteiger charge is -2.61. The maximum Gasteiger partial charge on any atom is 0.408 e. The smallest absolute Gasteiger partial charge is 0.408 e. The highest BCUT2D eigenvalue weighted by Crippen LogP contribution is 2.67. The Kier molecular flexibility index (Phi) is 11.8. The van der Waals surface area contributed by atoms with Crippen LogP contribution in [0.3, 0.4) is 0 Å². The molecule has 0 aromatic heterocycles. The maximum atomic E-state index is 13.7. The van der Waals surface area contributed by atoms with Crippen molar-refractivity contribution in [3.63, 3.8) is 0 Å². The number of amides is 1. The fourth-order valence-corrected chi connectivity index (χ4v) is 10.6. The Hall–Kier alpha value is -1.92. The summed E-state index contributed by atoms with van der Waals surface area (Å²) >= 11 is 0. The highest BCUT2D eigenvalue weighted by molar-refractivity contribution is 5.90. The molecule has 4 aliphatic rings. The van der Waals surface area contributed by atoms with E-state index in [1.54, 1.807) is 27.7 Å². The summed E-state index contributed by atoms with van der Waals surface area (Å²) < 4.78 is 11.7. The van der Waals surface area contributed by atoms with Gasteiger partial charge in [-0.2, -0.15) is 0 Å². The molecule has 10 atom stereocenters. The van der Waals surface area contributed by atoms with E-state index < -0.39 is 23.7 Å². The molecule has 1 amide bonds. The van der Waals surface area contributed by atoms with Crippen LogP contribution in [-0.4, -0.2) is 41.4 Å². The van der Waals surface area contributed by atoms with Gasteiger partial charge in [-0.3, -0.25) is 14.4 Å². The summed E-state index contributed by atoms with van der Waals surface area (Å²) in [4.78, 5) is 52.4. The summed E-state index contributed by atoms with van der Waals surface area (Å²) in [7, 11) is 0. The van der Waals surface area contributed by atoms with Crippen LogP contribution in [0.2, 0.25) is 0 Å². The molecule has 7 heteroatoms. The molecule has 0 spiro atoms. The number of carbonyl (C=O) groups is 4. The number of ketones is 2. The Morgan fingerprint density at radius 1 is 0.891 bits per heavy atom. The van der Waals surface area contributed by atoms with Crippen LogP contribution < -0.4 is 5.32 Å². The minimum atomic E-state index is -0.677. The van der Waals surface area contributed by atoms with Crippen LogP contribution in [0, 0.1) is 52.3 Å². The largest absolute Gasteiger partial charge is 0.462 e. The number of ether oxygens (including phenoxy) is 2. The Balaban J connectivity index is 1.37. The van der Waals surface area contributed by atoms with E-state index in [0.29, 0.717) is 35.9 Å². The van der Waals surface area contributed by atoms with Crippen molar-refractivity contribution in [3.8, 4) is 0 Å². The summed E-state index contributed by atoms with van der Waals surface area (Å²) in [6, 6.07) is -0.677. The highest BCUT2D eigenvalue weighted by Gasteiger charge is 2.61. The SMILES string of the molecule is CCCCC[C@H](NC(=O)OC(C)(C)C)C(=O)C[C@H](C(=O)O[C@@H]1CC[C@@]2(C)[C@@H](CC[C@@H]3[C@@H]2CC[C@]2(C)[C@@H](C(C)=O)CC[C@@H]32)C1)C(C)C. The molecule has 0 heterocycles. The average molecular weight is 644 g/mol. The van der Waals surface area contributed by atoms with Crippen LogP contribution >= 0.6 is 0 Å². The lowest BCUT2D eigenvalue weighted by Crippen LogP contribution is -2.54. The molecule has 0 bridgehead atoms. The maximum absolute atomic E-state index is 13.7. The van der Waals surface area contributed by atoms with E-state index in [4.69, 9.17) is 9.47 Å². The number of nitrogens with one attached hydrogen (secondary N) is 1. The number of esters is 1. The lowest BCUT2D eigenvalue weighted by atomic mass is 9.44. The Bertz CT molecular complexity index is 1110. The third kappa shape index (κ3) is 8.02. The van der Waals surface area contributed by atoms with Gasteiger partial charge in [-0.25, -0.2) is 4.79 Å². The number of hydrogen-bond acceptors (Lipinski definition) is 6. The van der Waals surface area contributed by atoms with E-state index in [-0.39, 0.29) is 46.9 Å². The number of rotatable bonds is 12. The lowest BCUT2D eigenvalue weighted by molar-refractivity contribution is -0.169. The molecule has 262 valence electrons. The van der Waals surface area contributed by atoms with Gasteiger partial charge >= 0.3 is 12.1 Å². The summed E-state index contributed by atoms with van der Waals surface area (Å²) in [6.45, 7) is 18.2. The standard InChI is InChI=1S/C39H65NO6/c1-10-11-12-13-33(40-36(44)46-37(5,6)7)34(42)23-29(24(2)3)35(43)45-27-18-20-38(8)26(22-27)14-15-28-31-17-16-30(25(4)41)39(31,9)21-19-32(28)38/h24,26-33H,10-23H2,1-9H3,(H,40,44)/t26-,27+,28-,29-,30+,31-,32-,33-,38-,39+/m0/s1. The van der Waals surface area contributed by atoms with Gasteiger partial charge in [-0.05, 0) is 132 Å². The van der Waals surface area contributed by atoms with E-state index in [1.807, 2.05) is 13.8 Å². The van der Waals surface area contributed by atoms with Crippen molar-refractivity contribution in [2.75, 3.05) is 0 Å². The van der Waals surface area contributed by atoms with Crippen molar-refractivity contribution < 1.29 is 28.7 Å². The normalized spacial score (nSPS) is 35.3. The van der Waals surface area contributed by atoms with Gasteiger partial charge in [0, 0.05) is 12.3 Å². The molecule has 0 saturated heterocycles. The molecule has 7 nitrogen and oxygen atoms in total. The molecule has 0 aromatic rings. The molecule has 0 unspecified atom stereocenters. The van der Waals surface area contributed by atoms with Gasteiger partial charge < -0.3 is 14.8 Å². The van der Waals surface area contributed by atoms with Crippen LogP contribution in [0.4, 0.5) is 4.79 Å². The molecule has 4 aliphatic carbocycles. The third-order valence-corrected chi connectivity index (χ3v) is 13.1. The average Bonchev–Trinajstić information content (AvgIpc) is 3.32. The molecule has 4 fully saturated rings. The van der Waals surface area contributed by atoms with Gasteiger partial charge in [0.2, 0.25) is 0 Å². The quantitative estimate of drug-likeness (QED) is 0.169. The topological polar surface area (TPSA) is 98.8 Å². The zero-order chi connectivity index (χ0) is 34.0. The second-order valence-electron chi connectivity index (χ2n) is 17.5. The second-order valence-corrected chi connectivity index (χ2v) is 17.5. The number of alkyl carbamates (subject to hydrolysis) is 1. The first-order valence-corrected chi connectivity index (χ1v) is 18.7. The fourth-order valence-electron chi connectivity index (χ4n) is 10.6. The van der Waals surface area contributed by atoms with Gasteiger partial charge in [-0.1, -0.05) is 53.9 Å². The molecule has 0 aliphatic heterocycles. The summed E-state index contributed by atoms with van der Waals surface area (Å²) in [5, 5.41) is 2.80. The Morgan fingerprint density at radius 2 is 1.57 bits per heavy atom. The fraction of sp³-hybridized carbons (Fsp3) is 0.897. The monoisotopic (exact) mass is 643 g/mol. The zero-order valence-electron chi connectivity index (χ0n) is 30.5. The summed E-state index contributed by atoms with van der Waals surface area (Å²) in [5.74, 6) is 2.22. The van der Waals surface area contributed by atoms with Gasteiger partial charge in [-0.15, -0.1) is 0 Å². The Labute approximate surface area is 279 Å². The van der Waals surface area contributed by atoms with Crippen molar-refractivity contribution in [2.24, 2.45) is 52.3 Å². The first-order chi connectivity index (χ1) is 21.5. The van der Waals surface area contributed by atoms with E-state index in [0.717, 1.165) is 51.4 Å². The van der Waals surface area contributed by atoms with Crippen LogP contribution in [0.25, 0.3) is 0 Å². The molecule has 4 rings (SSSR count).